The van der Waals surface area contributed by atoms with Crippen molar-refractivity contribution in [1.82, 2.24) is 0 Å². The maximum atomic E-state index is 12.4. The minimum atomic E-state index is -0.848. The summed E-state index contributed by atoms with van der Waals surface area (Å²) >= 11 is 0. The molecule has 2 aromatic carbocycles. The van der Waals surface area contributed by atoms with E-state index < -0.39 is 22.3 Å². The van der Waals surface area contributed by atoms with Crippen molar-refractivity contribution < 1.29 is 28.7 Å². The molecule has 8 nitrogen and oxygen atoms in total. The van der Waals surface area contributed by atoms with Crippen LogP contribution in [0.2, 0.25) is 0 Å². The number of rotatable bonds is 10. The average molecular weight is 415 g/mol. The van der Waals surface area contributed by atoms with Gasteiger partial charge in [0.1, 0.15) is 19.0 Å². The van der Waals surface area contributed by atoms with Crippen LogP contribution in [0.5, 0.6) is 5.75 Å². The number of carbonyl (C=O) groups excluding carboxylic acids is 2. The number of esters is 2. The number of nitro benzene ring substituents is 1. The zero-order chi connectivity index (χ0) is 22.1. The van der Waals surface area contributed by atoms with Crippen LogP contribution in [0, 0.1) is 15.5 Å². The summed E-state index contributed by atoms with van der Waals surface area (Å²) in [6, 6.07) is 13.0. The summed E-state index contributed by atoms with van der Waals surface area (Å²) in [6.45, 7) is 3.58. The summed E-state index contributed by atoms with van der Waals surface area (Å²) in [7, 11) is 1.58. The summed E-state index contributed by atoms with van der Waals surface area (Å²) in [6.07, 6.45) is 0.325. The number of benzene rings is 2. The van der Waals surface area contributed by atoms with Crippen LogP contribution in [0.15, 0.2) is 48.5 Å². The van der Waals surface area contributed by atoms with E-state index in [2.05, 4.69) is 0 Å². The van der Waals surface area contributed by atoms with E-state index >= 15 is 0 Å². The monoisotopic (exact) mass is 415 g/mol. The quantitative estimate of drug-likeness (QED) is 0.325. The Morgan fingerprint density at radius 1 is 0.933 bits per heavy atom. The zero-order valence-corrected chi connectivity index (χ0v) is 17.3. The fourth-order valence-corrected chi connectivity index (χ4v) is 2.53. The largest absolute Gasteiger partial charge is 0.497 e. The Morgan fingerprint density at radius 3 is 2.00 bits per heavy atom. The van der Waals surface area contributed by atoms with E-state index in [4.69, 9.17) is 14.2 Å². The van der Waals surface area contributed by atoms with Crippen LogP contribution in [0.25, 0.3) is 0 Å². The van der Waals surface area contributed by atoms with E-state index in [1.165, 1.54) is 24.3 Å². The first-order chi connectivity index (χ1) is 14.2. The van der Waals surface area contributed by atoms with Crippen molar-refractivity contribution in [2.24, 2.45) is 5.41 Å². The van der Waals surface area contributed by atoms with E-state index in [1.54, 1.807) is 33.1 Å². The van der Waals surface area contributed by atoms with Gasteiger partial charge in [-0.15, -0.1) is 0 Å². The number of nitrogens with zero attached hydrogens (tertiary/aromatic N) is 1. The lowest BCUT2D eigenvalue weighted by molar-refractivity contribution is -0.384. The first-order valence-corrected chi connectivity index (χ1v) is 9.40. The molecule has 0 radical (unpaired) electrons. The minimum absolute atomic E-state index is 0.0131. The lowest BCUT2D eigenvalue weighted by Crippen LogP contribution is -2.27. The Morgan fingerprint density at radius 2 is 1.47 bits per heavy atom. The highest BCUT2D eigenvalue weighted by atomic mass is 16.6. The summed E-state index contributed by atoms with van der Waals surface area (Å²) in [5.41, 5.74) is 0.605. The summed E-state index contributed by atoms with van der Waals surface area (Å²) in [4.78, 5) is 34.5. The molecule has 0 N–H and O–H groups in total. The molecule has 0 fully saturated rings. The molecule has 0 aliphatic carbocycles. The van der Waals surface area contributed by atoms with Gasteiger partial charge in [0, 0.05) is 18.6 Å². The molecule has 0 saturated heterocycles. The second-order valence-electron chi connectivity index (χ2n) is 7.39. The lowest BCUT2D eigenvalue weighted by atomic mass is 9.88. The van der Waals surface area contributed by atoms with Gasteiger partial charge in [-0.2, -0.15) is 0 Å². The maximum Gasteiger partial charge on any atom is 0.311 e. The number of hydrogen-bond donors (Lipinski definition) is 0. The molecule has 0 aromatic heterocycles. The number of nitro groups is 1. The molecule has 8 heteroatoms. The first kappa shape index (κ1) is 22.9. The van der Waals surface area contributed by atoms with Crippen LogP contribution < -0.4 is 4.74 Å². The highest BCUT2D eigenvalue weighted by molar-refractivity contribution is 5.77. The van der Waals surface area contributed by atoms with Crippen LogP contribution in [-0.2, 0) is 32.3 Å². The van der Waals surface area contributed by atoms with Gasteiger partial charge in [0.15, 0.2) is 0 Å². The molecule has 0 heterocycles. The SMILES string of the molecule is COc1ccc(COC(=O)C(C)(C)CCC(=O)OCc2ccc([N+](=O)[O-])cc2)cc1. The normalized spacial score (nSPS) is 10.9. The third-order valence-corrected chi connectivity index (χ3v) is 4.58. The van der Waals surface area contributed by atoms with Crippen molar-refractivity contribution in [3.63, 3.8) is 0 Å². The van der Waals surface area contributed by atoms with Crippen LogP contribution in [0.4, 0.5) is 5.69 Å². The van der Waals surface area contributed by atoms with Gasteiger partial charge in [0.05, 0.1) is 17.4 Å². The lowest BCUT2D eigenvalue weighted by Gasteiger charge is -2.22. The molecular weight excluding hydrogens is 390 g/mol. The number of ether oxygens (including phenoxy) is 3. The molecule has 0 amide bonds. The Kier molecular flexibility index (Phi) is 7.91. The van der Waals surface area contributed by atoms with Gasteiger partial charge in [0.2, 0.25) is 0 Å². The summed E-state index contributed by atoms with van der Waals surface area (Å²) < 4.78 is 15.6. The molecule has 0 spiro atoms. The van der Waals surface area contributed by atoms with Crippen LogP contribution in [0.1, 0.15) is 37.8 Å². The Labute approximate surface area is 174 Å². The number of carbonyl (C=O) groups is 2. The maximum absolute atomic E-state index is 12.4. The van der Waals surface area contributed by atoms with Crippen molar-refractivity contribution in [3.05, 3.63) is 69.8 Å². The van der Waals surface area contributed by atoms with Crippen molar-refractivity contribution in [1.29, 1.82) is 0 Å². The van der Waals surface area contributed by atoms with Crippen LogP contribution in [0.3, 0.4) is 0 Å². The predicted molar refractivity (Wildman–Crippen MR) is 109 cm³/mol. The van der Waals surface area contributed by atoms with E-state index in [0.717, 1.165) is 11.3 Å². The Bertz CT molecular complexity index is 873. The van der Waals surface area contributed by atoms with Gasteiger partial charge in [0.25, 0.3) is 5.69 Å². The molecule has 30 heavy (non-hydrogen) atoms. The van der Waals surface area contributed by atoms with Gasteiger partial charge in [-0.1, -0.05) is 12.1 Å². The first-order valence-electron chi connectivity index (χ1n) is 9.40. The number of non-ortho nitro benzene ring substituents is 1. The van der Waals surface area contributed by atoms with E-state index in [9.17, 15) is 19.7 Å². The smallest absolute Gasteiger partial charge is 0.311 e. The number of methoxy groups -OCH3 is 1. The second kappa shape index (κ2) is 10.4. The van der Waals surface area contributed by atoms with Gasteiger partial charge < -0.3 is 14.2 Å². The van der Waals surface area contributed by atoms with Gasteiger partial charge in [-0.25, -0.2) is 0 Å². The van der Waals surface area contributed by atoms with E-state index in [1.807, 2.05) is 12.1 Å². The third-order valence-electron chi connectivity index (χ3n) is 4.58. The highest BCUT2D eigenvalue weighted by Gasteiger charge is 2.30. The summed E-state index contributed by atoms with van der Waals surface area (Å²) in [5, 5.41) is 10.6. The Balaban J connectivity index is 1.75. The van der Waals surface area contributed by atoms with Crippen molar-refractivity contribution in [2.75, 3.05) is 7.11 Å². The van der Waals surface area contributed by atoms with Gasteiger partial charge >= 0.3 is 11.9 Å². The van der Waals surface area contributed by atoms with Crippen LogP contribution >= 0.6 is 0 Å². The van der Waals surface area contributed by atoms with Gasteiger partial charge in [-0.3, -0.25) is 19.7 Å². The molecule has 0 saturated carbocycles. The Hall–Kier alpha value is -3.42. The molecular formula is C22H25NO7. The van der Waals surface area contributed by atoms with Crippen molar-refractivity contribution >= 4 is 17.6 Å². The molecule has 0 aliphatic heterocycles. The van der Waals surface area contributed by atoms with Crippen LogP contribution in [-0.4, -0.2) is 24.0 Å². The highest BCUT2D eigenvalue weighted by Crippen LogP contribution is 2.25. The molecule has 0 bridgehead atoms. The van der Waals surface area contributed by atoms with E-state index in [-0.39, 0.29) is 31.7 Å². The topological polar surface area (TPSA) is 105 Å². The second-order valence-corrected chi connectivity index (χ2v) is 7.39. The molecule has 2 aromatic rings. The van der Waals surface area contributed by atoms with Gasteiger partial charge in [-0.05, 0) is 55.7 Å². The van der Waals surface area contributed by atoms with Crippen molar-refractivity contribution in [3.8, 4) is 5.75 Å². The molecule has 0 aliphatic rings. The third kappa shape index (κ3) is 6.88. The molecule has 0 atom stereocenters. The molecule has 2 rings (SSSR count). The molecule has 0 unspecified atom stereocenters. The fraction of sp³-hybridized carbons (Fsp3) is 0.364. The fourth-order valence-electron chi connectivity index (χ4n) is 2.53. The predicted octanol–water partition coefficient (Wildman–Crippen LogP) is 4.20. The van der Waals surface area contributed by atoms with E-state index in [0.29, 0.717) is 5.56 Å². The molecule has 160 valence electrons. The summed E-state index contributed by atoms with van der Waals surface area (Å²) in [5.74, 6) is -0.136. The average Bonchev–Trinajstić information content (AvgIpc) is 2.75. The standard InChI is InChI=1S/C22H25NO7/c1-22(2,21(25)30-15-17-6-10-19(28-3)11-7-17)13-12-20(24)29-14-16-4-8-18(9-5-16)23(26)27/h4-11H,12-15H2,1-3H3. The number of hydrogen-bond acceptors (Lipinski definition) is 7. The van der Waals surface area contributed by atoms with Crippen molar-refractivity contribution in [2.45, 2.75) is 39.9 Å². The minimum Gasteiger partial charge on any atom is -0.497 e. The zero-order valence-electron chi connectivity index (χ0n) is 17.3.